The van der Waals surface area contributed by atoms with Crippen molar-refractivity contribution in [1.29, 1.82) is 0 Å². The smallest absolute Gasteiger partial charge is 0.0599 e. The Morgan fingerprint density at radius 1 is 1.27 bits per heavy atom. The molecule has 0 heterocycles. The molecule has 0 radical (unpaired) electrons. The normalized spacial score (nSPS) is 43.5. The van der Waals surface area contributed by atoms with Crippen LogP contribution in [0.1, 0.15) is 38.5 Å². The second-order valence-corrected chi connectivity index (χ2v) is 3.98. The highest BCUT2D eigenvalue weighted by Crippen LogP contribution is 2.46. The highest BCUT2D eigenvalue weighted by molar-refractivity contribution is 5.03. The Balaban J connectivity index is 2.14. The van der Waals surface area contributed by atoms with Crippen molar-refractivity contribution in [2.24, 2.45) is 5.41 Å². The Morgan fingerprint density at radius 2 is 2.18 bits per heavy atom. The van der Waals surface area contributed by atoms with Crippen LogP contribution >= 0.6 is 0 Å². The first-order valence-corrected chi connectivity index (χ1v) is 4.67. The third-order valence-electron chi connectivity index (χ3n) is 3.36. The van der Waals surface area contributed by atoms with Gasteiger partial charge in [-0.3, -0.25) is 0 Å². The molecule has 11 heavy (non-hydrogen) atoms. The third-order valence-corrected chi connectivity index (χ3v) is 3.36. The van der Waals surface area contributed by atoms with E-state index < -0.39 is 0 Å². The molecule has 1 spiro atoms. The molecule has 1 heteroatoms. The lowest BCUT2D eigenvalue weighted by Gasteiger charge is -2.33. The van der Waals surface area contributed by atoms with Gasteiger partial charge in [0, 0.05) is 5.41 Å². The van der Waals surface area contributed by atoms with Crippen LogP contribution in [0.4, 0.5) is 0 Å². The van der Waals surface area contributed by atoms with Gasteiger partial charge < -0.3 is 5.11 Å². The number of allylic oxidation sites excluding steroid dienone is 2. The van der Waals surface area contributed by atoms with Crippen LogP contribution in [-0.4, -0.2) is 11.2 Å². The lowest BCUT2D eigenvalue weighted by Crippen LogP contribution is -2.30. The maximum Gasteiger partial charge on any atom is 0.0599 e. The first-order valence-electron chi connectivity index (χ1n) is 4.67. The zero-order chi connectivity index (χ0) is 7.73. The topological polar surface area (TPSA) is 20.2 Å². The minimum absolute atomic E-state index is 0.00699. The van der Waals surface area contributed by atoms with E-state index in [1.807, 2.05) is 0 Å². The van der Waals surface area contributed by atoms with E-state index in [4.69, 9.17) is 0 Å². The SMILES string of the molecule is OC1CCCC12CC=CCC2. The quantitative estimate of drug-likeness (QED) is 0.528. The molecule has 0 aromatic rings. The summed E-state index contributed by atoms with van der Waals surface area (Å²) in [5, 5.41) is 9.77. The molecule has 1 N–H and O–H groups in total. The summed E-state index contributed by atoms with van der Waals surface area (Å²) in [4.78, 5) is 0. The molecule has 1 nitrogen and oxygen atoms in total. The zero-order valence-electron chi connectivity index (χ0n) is 6.92. The molecule has 62 valence electrons. The molecule has 0 saturated heterocycles. The van der Waals surface area contributed by atoms with Gasteiger partial charge >= 0.3 is 0 Å². The molecule has 0 aliphatic heterocycles. The van der Waals surface area contributed by atoms with Crippen LogP contribution in [0.15, 0.2) is 12.2 Å². The molecule has 0 aromatic carbocycles. The predicted molar refractivity (Wildman–Crippen MR) is 45.3 cm³/mol. The number of hydrogen-bond donors (Lipinski definition) is 1. The van der Waals surface area contributed by atoms with Crippen LogP contribution in [0.25, 0.3) is 0 Å². The Hall–Kier alpha value is -0.300. The highest BCUT2D eigenvalue weighted by atomic mass is 16.3. The van der Waals surface area contributed by atoms with E-state index in [1.54, 1.807) is 0 Å². The lowest BCUT2D eigenvalue weighted by atomic mass is 9.74. The molecule has 2 unspecified atom stereocenters. The van der Waals surface area contributed by atoms with E-state index in [2.05, 4.69) is 12.2 Å². The largest absolute Gasteiger partial charge is 0.393 e. The third kappa shape index (κ3) is 1.12. The van der Waals surface area contributed by atoms with E-state index in [0.717, 1.165) is 12.8 Å². The Bertz CT molecular complexity index is 174. The Morgan fingerprint density at radius 3 is 2.73 bits per heavy atom. The molecule has 2 aliphatic carbocycles. The average molecular weight is 152 g/mol. The summed E-state index contributed by atoms with van der Waals surface area (Å²) in [6.45, 7) is 0. The fourth-order valence-electron chi connectivity index (χ4n) is 2.56. The maximum absolute atomic E-state index is 9.77. The lowest BCUT2D eigenvalue weighted by molar-refractivity contribution is 0.0454. The van der Waals surface area contributed by atoms with E-state index >= 15 is 0 Å². The Kier molecular flexibility index (Phi) is 1.76. The summed E-state index contributed by atoms with van der Waals surface area (Å²) < 4.78 is 0. The molecule has 2 rings (SSSR count). The van der Waals surface area contributed by atoms with Crippen molar-refractivity contribution in [2.75, 3.05) is 0 Å². The van der Waals surface area contributed by atoms with Crippen molar-refractivity contribution >= 4 is 0 Å². The van der Waals surface area contributed by atoms with Gasteiger partial charge in [0.25, 0.3) is 0 Å². The van der Waals surface area contributed by atoms with Gasteiger partial charge in [-0.25, -0.2) is 0 Å². The number of aliphatic hydroxyl groups excluding tert-OH is 1. The van der Waals surface area contributed by atoms with E-state index in [1.165, 1.54) is 25.7 Å². The van der Waals surface area contributed by atoms with Gasteiger partial charge in [-0.1, -0.05) is 18.6 Å². The molecule has 0 amide bonds. The van der Waals surface area contributed by atoms with E-state index in [9.17, 15) is 5.11 Å². The molecular formula is C10H16O. The first kappa shape index (κ1) is 7.35. The minimum Gasteiger partial charge on any atom is -0.393 e. The van der Waals surface area contributed by atoms with Crippen molar-refractivity contribution in [2.45, 2.75) is 44.6 Å². The predicted octanol–water partition coefficient (Wildman–Crippen LogP) is 2.26. The fraction of sp³-hybridized carbons (Fsp3) is 0.800. The fourth-order valence-corrected chi connectivity index (χ4v) is 2.56. The summed E-state index contributed by atoms with van der Waals surface area (Å²) in [5.41, 5.74) is 0.300. The van der Waals surface area contributed by atoms with Crippen molar-refractivity contribution in [1.82, 2.24) is 0 Å². The van der Waals surface area contributed by atoms with Gasteiger partial charge in [0.05, 0.1) is 6.10 Å². The van der Waals surface area contributed by atoms with Gasteiger partial charge in [0.2, 0.25) is 0 Å². The van der Waals surface area contributed by atoms with E-state index in [-0.39, 0.29) is 6.10 Å². The van der Waals surface area contributed by atoms with Gasteiger partial charge in [0.15, 0.2) is 0 Å². The van der Waals surface area contributed by atoms with Crippen molar-refractivity contribution < 1.29 is 5.11 Å². The number of rotatable bonds is 0. The van der Waals surface area contributed by atoms with Crippen LogP contribution < -0.4 is 0 Å². The van der Waals surface area contributed by atoms with E-state index in [0.29, 0.717) is 5.41 Å². The van der Waals surface area contributed by atoms with Crippen molar-refractivity contribution in [3.63, 3.8) is 0 Å². The van der Waals surface area contributed by atoms with Gasteiger partial charge in [-0.05, 0) is 32.1 Å². The van der Waals surface area contributed by atoms with Crippen LogP contribution in [-0.2, 0) is 0 Å². The maximum atomic E-state index is 9.77. The van der Waals surface area contributed by atoms with Crippen molar-refractivity contribution in [3.8, 4) is 0 Å². The second kappa shape index (κ2) is 2.63. The molecule has 1 saturated carbocycles. The Labute approximate surface area is 68.1 Å². The molecule has 0 aromatic heterocycles. The highest BCUT2D eigenvalue weighted by Gasteiger charge is 2.40. The molecule has 0 bridgehead atoms. The summed E-state index contributed by atoms with van der Waals surface area (Å²) in [7, 11) is 0. The van der Waals surface area contributed by atoms with Gasteiger partial charge in [-0.2, -0.15) is 0 Å². The molecular weight excluding hydrogens is 136 g/mol. The average Bonchev–Trinajstić information content (AvgIpc) is 2.36. The monoisotopic (exact) mass is 152 g/mol. The second-order valence-electron chi connectivity index (χ2n) is 3.98. The van der Waals surface area contributed by atoms with Gasteiger partial charge in [-0.15, -0.1) is 0 Å². The number of aliphatic hydroxyl groups is 1. The first-order chi connectivity index (χ1) is 5.33. The van der Waals surface area contributed by atoms with Crippen LogP contribution in [0, 0.1) is 5.41 Å². The summed E-state index contributed by atoms with van der Waals surface area (Å²) in [6, 6.07) is 0. The minimum atomic E-state index is -0.00699. The van der Waals surface area contributed by atoms with Crippen molar-refractivity contribution in [3.05, 3.63) is 12.2 Å². The van der Waals surface area contributed by atoms with Crippen LogP contribution in [0.2, 0.25) is 0 Å². The summed E-state index contributed by atoms with van der Waals surface area (Å²) in [5.74, 6) is 0. The standard InChI is InChI=1S/C10H16O/c11-9-5-4-8-10(9)6-2-1-3-7-10/h1-2,9,11H,3-8H2. The molecule has 2 atom stereocenters. The molecule has 1 fully saturated rings. The molecule has 2 aliphatic rings. The summed E-state index contributed by atoms with van der Waals surface area (Å²) in [6.07, 6.45) is 11.5. The number of hydrogen-bond acceptors (Lipinski definition) is 1. The summed E-state index contributed by atoms with van der Waals surface area (Å²) >= 11 is 0. The van der Waals surface area contributed by atoms with Crippen LogP contribution in [0.3, 0.4) is 0 Å². The zero-order valence-corrected chi connectivity index (χ0v) is 6.92. The van der Waals surface area contributed by atoms with Gasteiger partial charge in [0.1, 0.15) is 0 Å². The van der Waals surface area contributed by atoms with Crippen LogP contribution in [0.5, 0.6) is 0 Å².